The van der Waals surface area contributed by atoms with Gasteiger partial charge in [-0.1, -0.05) is 12.1 Å². The number of pyridine rings is 1. The number of hydrogen-bond donors (Lipinski definition) is 2. The molecule has 0 aliphatic rings. The van der Waals surface area contributed by atoms with E-state index in [0.717, 1.165) is 16.5 Å². The van der Waals surface area contributed by atoms with E-state index in [1.165, 1.54) is 0 Å². The van der Waals surface area contributed by atoms with Gasteiger partial charge < -0.3 is 15.2 Å². The highest BCUT2D eigenvalue weighted by atomic mass is 16.5. The van der Waals surface area contributed by atoms with E-state index >= 15 is 0 Å². The second-order valence-electron chi connectivity index (χ2n) is 3.46. The van der Waals surface area contributed by atoms with Gasteiger partial charge >= 0.3 is 5.97 Å². The van der Waals surface area contributed by atoms with Gasteiger partial charge in [0.1, 0.15) is 18.1 Å². The number of rotatable bonds is 4. The van der Waals surface area contributed by atoms with Crippen molar-refractivity contribution in [2.75, 3.05) is 19.0 Å². The van der Waals surface area contributed by atoms with Gasteiger partial charge in [-0.05, 0) is 12.1 Å². The molecule has 17 heavy (non-hydrogen) atoms. The van der Waals surface area contributed by atoms with Crippen molar-refractivity contribution in [1.29, 1.82) is 0 Å². The smallest absolute Gasteiger partial charge is 0.322 e. The molecule has 2 N–H and O–H groups in total. The molecule has 1 aromatic carbocycles. The van der Waals surface area contributed by atoms with E-state index in [1.807, 2.05) is 24.3 Å². The molecule has 0 saturated carbocycles. The molecular weight excluding hydrogens is 220 g/mol. The Hall–Kier alpha value is -2.30. The maximum atomic E-state index is 10.5. The normalized spacial score (nSPS) is 10.2. The molecular formula is C12H12N2O3. The van der Waals surface area contributed by atoms with Crippen molar-refractivity contribution in [3.63, 3.8) is 0 Å². The second-order valence-corrected chi connectivity index (χ2v) is 3.46. The van der Waals surface area contributed by atoms with Crippen molar-refractivity contribution in [3.05, 3.63) is 30.5 Å². The summed E-state index contributed by atoms with van der Waals surface area (Å²) >= 11 is 0. The first kappa shape index (κ1) is 11.2. The van der Waals surface area contributed by atoms with Crippen LogP contribution in [0.5, 0.6) is 5.75 Å². The van der Waals surface area contributed by atoms with Crippen LogP contribution < -0.4 is 10.1 Å². The Labute approximate surface area is 98.0 Å². The molecule has 0 unspecified atom stereocenters. The summed E-state index contributed by atoms with van der Waals surface area (Å²) in [6.07, 6.45) is 1.62. The van der Waals surface area contributed by atoms with Crippen LogP contribution in [0.1, 0.15) is 0 Å². The van der Waals surface area contributed by atoms with Crippen LogP contribution in [0.2, 0.25) is 0 Å². The summed E-state index contributed by atoms with van der Waals surface area (Å²) in [6.45, 7) is -0.163. The second kappa shape index (κ2) is 4.69. The first-order valence-electron chi connectivity index (χ1n) is 5.10. The molecule has 5 nitrogen and oxygen atoms in total. The highest BCUT2D eigenvalue weighted by molar-refractivity contribution is 5.96. The van der Waals surface area contributed by atoms with Crippen LogP contribution in [-0.4, -0.2) is 29.7 Å². The molecule has 0 aliphatic heterocycles. The molecule has 0 aliphatic carbocycles. The minimum atomic E-state index is -0.924. The quantitative estimate of drug-likeness (QED) is 0.840. The van der Waals surface area contributed by atoms with Crippen molar-refractivity contribution in [1.82, 2.24) is 4.98 Å². The van der Waals surface area contributed by atoms with Gasteiger partial charge in [-0.25, -0.2) is 4.98 Å². The number of methoxy groups -OCH3 is 1. The van der Waals surface area contributed by atoms with E-state index < -0.39 is 5.97 Å². The van der Waals surface area contributed by atoms with Crippen LogP contribution in [0.25, 0.3) is 10.8 Å². The number of benzene rings is 1. The van der Waals surface area contributed by atoms with Gasteiger partial charge in [0.15, 0.2) is 0 Å². The number of fused-ring (bicyclic) bond motifs is 1. The molecule has 1 aromatic heterocycles. The molecule has 88 valence electrons. The number of anilines is 1. The molecule has 0 atom stereocenters. The van der Waals surface area contributed by atoms with Crippen LogP contribution in [-0.2, 0) is 4.79 Å². The van der Waals surface area contributed by atoms with Gasteiger partial charge in [-0.15, -0.1) is 0 Å². The van der Waals surface area contributed by atoms with Gasteiger partial charge in [-0.2, -0.15) is 0 Å². The standard InChI is InChI=1S/C12H12N2O3/c1-17-10-4-2-3-9-8(10)5-6-13-12(9)14-7-11(15)16/h2-6H,7H2,1H3,(H,13,14)(H,15,16). The van der Waals surface area contributed by atoms with Crippen molar-refractivity contribution in [3.8, 4) is 5.75 Å². The summed E-state index contributed by atoms with van der Waals surface area (Å²) in [7, 11) is 1.60. The van der Waals surface area contributed by atoms with E-state index in [2.05, 4.69) is 10.3 Å². The minimum absolute atomic E-state index is 0.163. The Morgan fingerprint density at radius 2 is 2.24 bits per heavy atom. The SMILES string of the molecule is COc1cccc2c(NCC(=O)O)nccc12. The van der Waals surface area contributed by atoms with E-state index in [-0.39, 0.29) is 6.54 Å². The Balaban J connectivity index is 2.46. The number of nitrogens with one attached hydrogen (secondary N) is 1. The van der Waals surface area contributed by atoms with Crippen LogP contribution in [0.3, 0.4) is 0 Å². The zero-order valence-corrected chi connectivity index (χ0v) is 9.30. The molecule has 5 heteroatoms. The van der Waals surface area contributed by atoms with E-state index in [0.29, 0.717) is 5.82 Å². The number of hydrogen-bond acceptors (Lipinski definition) is 4. The molecule has 0 fully saturated rings. The lowest BCUT2D eigenvalue weighted by Crippen LogP contribution is -2.13. The molecule has 0 spiro atoms. The number of aromatic nitrogens is 1. The fourth-order valence-electron chi connectivity index (χ4n) is 1.66. The highest BCUT2D eigenvalue weighted by Crippen LogP contribution is 2.28. The molecule has 2 rings (SSSR count). The summed E-state index contributed by atoms with van der Waals surface area (Å²) in [5.74, 6) is 0.360. The lowest BCUT2D eigenvalue weighted by Gasteiger charge is -2.09. The fraction of sp³-hybridized carbons (Fsp3) is 0.167. The Morgan fingerprint density at radius 1 is 1.41 bits per heavy atom. The van der Waals surface area contributed by atoms with Crippen LogP contribution in [0.4, 0.5) is 5.82 Å². The number of carboxylic acid groups (broad SMARTS) is 1. The zero-order valence-electron chi connectivity index (χ0n) is 9.30. The maximum absolute atomic E-state index is 10.5. The van der Waals surface area contributed by atoms with Gasteiger partial charge in [-0.3, -0.25) is 4.79 Å². The van der Waals surface area contributed by atoms with Gasteiger partial charge in [0.25, 0.3) is 0 Å². The van der Waals surface area contributed by atoms with Gasteiger partial charge in [0.05, 0.1) is 7.11 Å². The molecule has 2 aromatic rings. The van der Waals surface area contributed by atoms with Crippen molar-refractivity contribution >= 4 is 22.6 Å². The summed E-state index contributed by atoms with van der Waals surface area (Å²) in [5.41, 5.74) is 0. The zero-order chi connectivity index (χ0) is 12.3. The third-order valence-electron chi connectivity index (χ3n) is 2.39. The highest BCUT2D eigenvalue weighted by Gasteiger charge is 2.06. The largest absolute Gasteiger partial charge is 0.496 e. The number of aliphatic carboxylic acids is 1. The average molecular weight is 232 g/mol. The summed E-state index contributed by atoms with van der Waals surface area (Å²) in [6, 6.07) is 7.40. The van der Waals surface area contributed by atoms with Gasteiger partial charge in [0, 0.05) is 17.0 Å². The van der Waals surface area contributed by atoms with Crippen molar-refractivity contribution < 1.29 is 14.6 Å². The van der Waals surface area contributed by atoms with Crippen LogP contribution in [0, 0.1) is 0 Å². The number of carboxylic acids is 1. The lowest BCUT2D eigenvalue weighted by molar-refractivity contribution is -0.134. The van der Waals surface area contributed by atoms with Crippen molar-refractivity contribution in [2.45, 2.75) is 0 Å². The van der Waals surface area contributed by atoms with Crippen molar-refractivity contribution in [2.24, 2.45) is 0 Å². The molecule has 0 amide bonds. The summed E-state index contributed by atoms with van der Waals surface area (Å²) < 4.78 is 5.24. The minimum Gasteiger partial charge on any atom is -0.496 e. The maximum Gasteiger partial charge on any atom is 0.322 e. The Kier molecular flexibility index (Phi) is 3.09. The van der Waals surface area contributed by atoms with Gasteiger partial charge in [0.2, 0.25) is 0 Å². The predicted octanol–water partition coefficient (Wildman–Crippen LogP) is 1.74. The van der Waals surface area contributed by atoms with E-state index in [1.54, 1.807) is 13.3 Å². The van der Waals surface area contributed by atoms with Crippen LogP contribution in [0.15, 0.2) is 30.5 Å². The topological polar surface area (TPSA) is 71.5 Å². The van der Waals surface area contributed by atoms with E-state index in [4.69, 9.17) is 9.84 Å². The number of nitrogens with zero attached hydrogens (tertiary/aromatic N) is 1. The first-order valence-corrected chi connectivity index (χ1v) is 5.10. The Morgan fingerprint density at radius 3 is 2.94 bits per heavy atom. The lowest BCUT2D eigenvalue weighted by atomic mass is 10.1. The average Bonchev–Trinajstić information content (AvgIpc) is 2.35. The third kappa shape index (κ3) is 2.28. The van der Waals surface area contributed by atoms with Crippen LogP contribution >= 0.6 is 0 Å². The number of carbonyl (C=O) groups is 1. The number of ether oxygens (including phenoxy) is 1. The molecule has 0 radical (unpaired) electrons. The molecule has 0 saturated heterocycles. The molecule has 0 bridgehead atoms. The fourth-order valence-corrected chi connectivity index (χ4v) is 1.66. The monoisotopic (exact) mass is 232 g/mol. The Bertz CT molecular complexity index is 554. The third-order valence-corrected chi connectivity index (χ3v) is 2.39. The summed E-state index contributed by atoms with van der Waals surface area (Å²) in [4.78, 5) is 14.6. The first-order chi connectivity index (χ1) is 8.22. The van der Waals surface area contributed by atoms with E-state index in [9.17, 15) is 4.79 Å². The summed E-state index contributed by atoms with van der Waals surface area (Å²) in [5, 5.41) is 13.1. The molecule has 1 heterocycles. The predicted molar refractivity (Wildman–Crippen MR) is 64.4 cm³/mol.